The van der Waals surface area contributed by atoms with Crippen LogP contribution in [0, 0.1) is 17.3 Å². The second-order valence-corrected chi connectivity index (χ2v) is 8.13. The summed E-state index contributed by atoms with van der Waals surface area (Å²) >= 11 is 0. The Morgan fingerprint density at radius 1 is 1.38 bits per heavy atom. The van der Waals surface area contributed by atoms with Crippen LogP contribution in [0.3, 0.4) is 0 Å². The lowest BCUT2D eigenvalue weighted by molar-refractivity contribution is -0.128. The summed E-state index contributed by atoms with van der Waals surface area (Å²) in [4.78, 5) is 25.9. The lowest BCUT2D eigenvalue weighted by atomic mass is 9.63. The molecule has 1 saturated carbocycles. The number of unbranched alkanes of at least 4 members (excludes halogenated alkanes) is 2. The van der Waals surface area contributed by atoms with Crippen molar-refractivity contribution in [2.45, 2.75) is 65.4 Å². The molecule has 0 saturated heterocycles. The van der Waals surface area contributed by atoms with Crippen molar-refractivity contribution < 1.29 is 19.4 Å². The number of fused-ring (bicyclic) bond motifs is 1. The zero-order valence-electron chi connectivity index (χ0n) is 16.1. The summed E-state index contributed by atoms with van der Waals surface area (Å²) in [6.07, 6.45) is 9.70. The van der Waals surface area contributed by atoms with Crippen LogP contribution in [0.1, 0.15) is 59.3 Å². The smallest absolute Gasteiger partial charge is 0.169 e. The zero-order chi connectivity index (χ0) is 18.9. The number of carbonyl (C=O) groups is 2. The fraction of sp³-hybridized carbons (Fsp3) is 0.636. The van der Waals surface area contributed by atoms with Crippen molar-refractivity contribution in [2.75, 3.05) is 6.61 Å². The Morgan fingerprint density at radius 3 is 2.85 bits per heavy atom. The van der Waals surface area contributed by atoms with E-state index in [4.69, 9.17) is 4.74 Å². The molecule has 0 aromatic heterocycles. The number of Topliss-reactive ketones (excluding diaryl/α,β-unsaturated/α-hetero) is 2. The highest BCUT2D eigenvalue weighted by Crippen LogP contribution is 2.55. The average molecular weight is 358 g/mol. The van der Waals surface area contributed by atoms with Crippen molar-refractivity contribution in [3.8, 4) is 0 Å². The normalized spacial score (nSPS) is 32.4. The van der Waals surface area contributed by atoms with E-state index in [0.717, 1.165) is 30.6 Å². The van der Waals surface area contributed by atoms with Gasteiger partial charge >= 0.3 is 0 Å². The lowest BCUT2D eigenvalue weighted by Crippen LogP contribution is -2.43. The molecule has 0 bridgehead atoms. The number of carbonyl (C=O) groups excluding carboxylic acids is 2. The predicted octanol–water partition coefficient (Wildman–Crippen LogP) is 3.90. The molecule has 4 heteroatoms. The van der Waals surface area contributed by atoms with Gasteiger partial charge in [-0.15, -0.1) is 0 Å². The maximum Gasteiger partial charge on any atom is 0.169 e. The van der Waals surface area contributed by atoms with Crippen molar-refractivity contribution in [1.29, 1.82) is 0 Å². The highest BCUT2D eigenvalue weighted by molar-refractivity contribution is 6.07. The molecule has 0 aromatic rings. The molecule has 26 heavy (non-hydrogen) atoms. The molecule has 4 nitrogen and oxygen atoms in total. The summed E-state index contributed by atoms with van der Waals surface area (Å²) in [5.74, 6) is 0.312. The molecule has 0 aromatic carbocycles. The third-order valence-electron chi connectivity index (χ3n) is 6.33. The number of hydrogen-bond donors (Lipinski definition) is 1. The standard InChI is InChI=1S/C22H30O4/c1-4-6-7-9-18(23)20-17-11-14-10-15(8-5-2)26-13-16(14)21(25)22(17,3)12-19(20)24/h5,8,10,17-18,20,23H,4,6-7,9,11-13H2,1-3H3/b8-5+/t17-,18?,20+,22-/m1/s1. The molecule has 3 aliphatic rings. The van der Waals surface area contributed by atoms with Gasteiger partial charge in [0.05, 0.1) is 6.10 Å². The Morgan fingerprint density at radius 2 is 2.15 bits per heavy atom. The molecule has 1 aliphatic heterocycles. The Hall–Kier alpha value is -1.68. The summed E-state index contributed by atoms with van der Waals surface area (Å²) in [5, 5.41) is 10.7. The molecule has 2 aliphatic carbocycles. The molecule has 4 atom stereocenters. The maximum atomic E-state index is 13.2. The van der Waals surface area contributed by atoms with Crippen LogP contribution in [0.2, 0.25) is 0 Å². The first-order valence-electron chi connectivity index (χ1n) is 9.87. The van der Waals surface area contributed by atoms with Gasteiger partial charge in [-0.3, -0.25) is 9.59 Å². The fourth-order valence-electron chi connectivity index (χ4n) is 4.88. The highest BCUT2D eigenvalue weighted by Gasteiger charge is 2.59. The minimum atomic E-state index is -0.693. The van der Waals surface area contributed by atoms with Crippen molar-refractivity contribution in [1.82, 2.24) is 0 Å². The first kappa shape index (κ1) is 19.1. The minimum Gasteiger partial charge on any atom is -0.489 e. The van der Waals surface area contributed by atoms with E-state index < -0.39 is 17.4 Å². The van der Waals surface area contributed by atoms with Crippen molar-refractivity contribution in [3.05, 3.63) is 35.1 Å². The number of aliphatic hydroxyl groups is 1. The van der Waals surface area contributed by atoms with Crippen LogP contribution in [0.5, 0.6) is 0 Å². The number of hydrogen-bond acceptors (Lipinski definition) is 4. The van der Waals surface area contributed by atoms with Gasteiger partial charge in [-0.25, -0.2) is 0 Å². The zero-order valence-corrected chi connectivity index (χ0v) is 16.1. The molecule has 3 rings (SSSR count). The van der Waals surface area contributed by atoms with Gasteiger partial charge in [0.2, 0.25) is 0 Å². The third-order valence-corrected chi connectivity index (χ3v) is 6.33. The van der Waals surface area contributed by atoms with Crippen LogP contribution >= 0.6 is 0 Å². The van der Waals surface area contributed by atoms with Gasteiger partial charge in [0.25, 0.3) is 0 Å². The quantitative estimate of drug-likeness (QED) is 0.732. The lowest BCUT2D eigenvalue weighted by Gasteiger charge is -2.40. The molecular formula is C22H30O4. The van der Waals surface area contributed by atoms with Gasteiger partial charge in [-0.2, -0.15) is 0 Å². The summed E-state index contributed by atoms with van der Waals surface area (Å²) in [6.45, 7) is 6.24. The van der Waals surface area contributed by atoms with Crippen LogP contribution in [-0.2, 0) is 14.3 Å². The largest absolute Gasteiger partial charge is 0.489 e. The van der Waals surface area contributed by atoms with Crippen LogP contribution in [-0.4, -0.2) is 29.4 Å². The molecule has 0 spiro atoms. The summed E-state index contributed by atoms with van der Waals surface area (Å²) in [5.41, 5.74) is 1.00. The van der Waals surface area contributed by atoms with E-state index in [2.05, 4.69) is 6.92 Å². The molecular weight excluding hydrogens is 328 g/mol. The molecule has 1 fully saturated rings. The van der Waals surface area contributed by atoms with Crippen LogP contribution < -0.4 is 0 Å². The van der Waals surface area contributed by atoms with E-state index in [1.807, 2.05) is 32.1 Å². The second-order valence-electron chi connectivity index (χ2n) is 8.13. The Labute approximate surface area is 156 Å². The van der Waals surface area contributed by atoms with E-state index >= 15 is 0 Å². The molecule has 1 heterocycles. The summed E-state index contributed by atoms with van der Waals surface area (Å²) in [7, 11) is 0. The maximum absolute atomic E-state index is 13.2. The van der Waals surface area contributed by atoms with Crippen molar-refractivity contribution >= 4 is 11.6 Å². The van der Waals surface area contributed by atoms with E-state index in [9.17, 15) is 14.7 Å². The second kappa shape index (κ2) is 7.51. The van der Waals surface area contributed by atoms with Gasteiger partial charge < -0.3 is 9.84 Å². The summed E-state index contributed by atoms with van der Waals surface area (Å²) in [6, 6.07) is 0. The molecule has 0 radical (unpaired) electrons. The van der Waals surface area contributed by atoms with Gasteiger partial charge in [-0.1, -0.05) is 39.2 Å². The van der Waals surface area contributed by atoms with Gasteiger partial charge in [0.15, 0.2) is 5.78 Å². The fourth-order valence-corrected chi connectivity index (χ4v) is 4.88. The SMILES string of the molecule is C/C=C/C1=CC2=C(CO1)C(=O)[C@]1(C)CC(=O)[C@H](C(O)CCCCC)[C@H]1C2. The molecule has 0 amide bonds. The average Bonchev–Trinajstić information content (AvgIpc) is 2.86. The topological polar surface area (TPSA) is 63.6 Å². The predicted molar refractivity (Wildman–Crippen MR) is 100 cm³/mol. The number of aliphatic hydroxyl groups excluding tert-OH is 1. The molecule has 1 N–H and O–H groups in total. The van der Waals surface area contributed by atoms with Crippen molar-refractivity contribution in [3.63, 3.8) is 0 Å². The Balaban J connectivity index is 1.88. The van der Waals surface area contributed by atoms with Gasteiger partial charge in [-0.05, 0) is 43.4 Å². The monoisotopic (exact) mass is 358 g/mol. The number of rotatable bonds is 6. The first-order valence-corrected chi connectivity index (χ1v) is 9.87. The van der Waals surface area contributed by atoms with Gasteiger partial charge in [0, 0.05) is 23.3 Å². The number of ketones is 2. The van der Waals surface area contributed by atoms with E-state index in [-0.39, 0.29) is 30.5 Å². The van der Waals surface area contributed by atoms with E-state index in [0.29, 0.717) is 18.4 Å². The van der Waals surface area contributed by atoms with Crippen LogP contribution in [0.25, 0.3) is 0 Å². The number of allylic oxidation sites excluding steroid dienone is 4. The van der Waals surface area contributed by atoms with Crippen LogP contribution in [0.15, 0.2) is 35.1 Å². The van der Waals surface area contributed by atoms with E-state index in [1.54, 1.807) is 0 Å². The minimum absolute atomic E-state index is 0.0381. The Kier molecular flexibility index (Phi) is 5.52. The summed E-state index contributed by atoms with van der Waals surface area (Å²) < 4.78 is 5.68. The highest BCUT2D eigenvalue weighted by atomic mass is 16.5. The number of ether oxygens (including phenoxy) is 1. The Bertz CT molecular complexity index is 684. The molecule has 142 valence electrons. The molecule has 1 unspecified atom stereocenters. The first-order chi connectivity index (χ1) is 12.4. The van der Waals surface area contributed by atoms with Crippen molar-refractivity contribution in [2.24, 2.45) is 17.3 Å². The third kappa shape index (κ3) is 3.20. The van der Waals surface area contributed by atoms with Gasteiger partial charge in [0.1, 0.15) is 18.1 Å². The van der Waals surface area contributed by atoms with Crippen LogP contribution in [0.4, 0.5) is 0 Å². The van der Waals surface area contributed by atoms with E-state index in [1.165, 1.54) is 0 Å².